The highest BCUT2D eigenvalue weighted by atomic mass is 16.5. The third kappa shape index (κ3) is 3.49. The average Bonchev–Trinajstić information content (AvgIpc) is 3.30. The number of amides is 1. The summed E-state index contributed by atoms with van der Waals surface area (Å²) >= 11 is 0. The fourth-order valence-electron chi connectivity index (χ4n) is 3.83. The highest BCUT2D eigenvalue weighted by Crippen LogP contribution is 2.30. The number of aromatic nitrogens is 2. The maximum atomic E-state index is 12.2. The molecule has 1 aromatic heterocycles. The van der Waals surface area contributed by atoms with Crippen LogP contribution in [0.25, 0.3) is 10.9 Å². The molecule has 25 heavy (non-hydrogen) atoms. The molecule has 2 aromatic rings. The number of hydrogen-bond acceptors (Lipinski definition) is 4. The van der Waals surface area contributed by atoms with Crippen molar-refractivity contribution in [3.8, 4) is 5.75 Å². The lowest BCUT2D eigenvalue weighted by atomic mass is 9.92. The van der Waals surface area contributed by atoms with Gasteiger partial charge in [0.1, 0.15) is 5.75 Å². The molecule has 2 fully saturated rings. The van der Waals surface area contributed by atoms with Crippen LogP contribution in [0.2, 0.25) is 0 Å². The summed E-state index contributed by atoms with van der Waals surface area (Å²) in [7, 11) is 0. The zero-order chi connectivity index (χ0) is 17.2. The van der Waals surface area contributed by atoms with Crippen LogP contribution in [-0.2, 0) is 9.53 Å². The lowest BCUT2D eigenvalue weighted by Gasteiger charge is -2.30. The first-order chi connectivity index (χ1) is 12.2. The number of hydrogen-bond donors (Lipinski definition) is 2. The van der Waals surface area contributed by atoms with E-state index in [2.05, 4.69) is 22.4 Å². The first kappa shape index (κ1) is 16.4. The molecule has 1 amide bonds. The zero-order valence-electron chi connectivity index (χ0n) is 14.6. The summed E-state index contributed by atoms with van der Waals surface area (Å²) in [6.45, 7) is 3.35. The second-order valence-electron chi connectivity index (χ2n) is 7.18. The van der Waals surface area contributed by atoms with Gasteiger partial charge in [-0.25, -0.2) is 0 Å². The second-order valence-corrected chi connectivity index (χ2v) is 7.18. The van der Waals surface area contributed by atoms with Crippen LogP contribution in [0.4, 0.5) is 0 Å². The van der Waals surface area contributed by atoms with E-state index in [1.54, 1.807) is 0 Å². The molecule has 6 heteroatoms. The van der Waals surface area contributed by atoms with Crippen molar-refractivity contribution >= 4 is 16.8 Å². The number of nitrogens with zero attached hydrogens (tertiary/aromatic N) is 1. The van der Waals surface area contributed by atoms with E-state index in [0.29, 0.717) is 13.2 Å². The molecule has 0 spiro atoms. The van der Waals surface area contributed by atoms with Gasteiger partial charge in [-0.2, -0.15) is 5.10 Å². The summed E-state index contributed by atoms with van der Waals surface area (Å²) < 4.78 is 11.5. The highest BCUT2D eigenvalue weighted by Gasteiger charge is 2.28. The van der Waals surface area contributed by atoms with Gasteiger partial charge in [0.05, 0.1) is 30.3 Å². The number of benzene rings is 1. The molecule has 0 bridgehead atoms. The average molecular weight is 343 g/mol. The molecule has 6 nitrogen and oxygen atoms in total. The van der Waals surface area contributed by atoms with Crippen LogP contribution in [0, 0.1) is 12.8 Å². The van der Waals surface area contributed by atoms with Crippen LogP contribution in [0.1, 0.15) is 37.7 Å². The molecule has 4 rings (SSSR count). The Morgan fingerprint density at radius 2 is 2.12 bits per heavy atom. The van der Waals surface area contributed by atoms with Crippen molar-refractivity contribution < 1.29 is 14.3 Å². The quantitative estimate of drug-likeness (QED) is 0.895. The second kappa shape index (κ2) is 7.04. The maximum absolute atomic E-state index is 12.2. The van der Waals surface area contributed by atoms with E-state index in [0.717, 1.165) is 54.3 Å². The van der Waals surface area contributed by atoms with Crippen LogP contribution in [0.15, 0.2) is 18.3 Å². The summed E-state index contributed by atoms with van der Waals surface area (Å²) in [5.41, 5.74) is 2.16. The van der Waals surface area contributed by atoms with Gasteiger partial charge < -0.3 is 14.8 Å². The van der Waals surface area contributed by atoms with E-state index in [9.17, 15) is 4.79 Å². The molecule has 2 aliphatic rings. The summed E-state index contributed by atoms with van der Waals surface area (Å²) in [6.07, 6.45) is 6.78. The molecule has 1 aliphatic carbocycles. The first-order valence-electron chi connectivity index (χ1n) is 9.18. The topological polar surface area (TPSA) is 76.2 Å². The van der Waals surface area contributed by atoms with E-state index < -0.39 is 0 Å². The number of carbonyl (C=O) groups excluding carboxylic acids is 1. The van der Waals surface area contributed by atoms with E-state index in [1.165, 1.54) is 0 Å². The lowest BCUT2D eigenvalue weighted by molar-refractivity contribution is -0.126. The van der Waals surface area contributed by atoms with Gasteiger partial charge in [0.25, 0.3) is 0 Å². The number of H-pyrrole nitrogens is 1. The summed E-state index contributed by atoms with van der Waals surface area (Å²) in [4.78, 5) is 12.2. The molecule has 1 aliphatic heterocycles. The molecule has 0 radical (unpaired) electrons. The van der Waals surface area contributed by atoms with Crippen LogP contribution in [0.3, 0.4) is 0 Å². The smallest absolute Gasteiger partial charge is 0.225 e. The zero-order valence-corrected chi connectivity index (χ0v) is 14.6. The standard InChI is InChI=1S/C19H25N3O3/c1-12-16-10-20-22-17(16)6-7-18(12)25-15-4-2-14(3-5-15)21-19(23)13-8-9-24-11-13/h6-7,10,13-15H,2-5,8-9,11H2,1H3,(H,20,22)(H,21,23)/t13?,14-,15+. The van der Waals surface area contributed by atoms with Gasteiger partial charge in [0.15, 0.2) is 0 Å². The number of aryl methyl sites for hydroxylation is 1. The molecular formula is C19H25N3O3. The summed E-state index contributed by atoms with van der Waals surface area (Å²) in [5, 5.41) is 11.4. The molecule has 2 N–H and O–H groups in total. The molecule has 134 valence electrons. The summed E-state index contributed by atoms with van der Waals surface area (Å²) in [5.74, 6) is 1.13. The molecule has 2 heterocycles. The Morgan fingerprint density at radius 3 is 2.88 bits per heavy atom. The number of rotatable bonds is 4. The van der Waals surface area contributed by atoms with Gasteiger partial charge >= 0.3 is 0 Å². The van der Waals surface area contributed by atoms with Crippen LogP contribution in [-0.4, -0.2) is 41.5 Å². The number of carbonyl (C=O) groups is 1. The fourth-order valence-corrected chi connectivity index (χ4v) is 3.83. The minimum Gasteiger partial charge on any atom is -0.490 e. The monoisotopic (exact) mass is 343 g/mol. The Hall–Kier alpha value is -2.08. The van der Waals surface area contributed by atoms with Crippen molar-refractivity contribution in [1.29, 1.82) is 0 Å². The van der Waals surface area contributed by atoms with Gasteiger partial charge in [-0.1, -0.05) is 0 Å². The molecule has 1 aromatic carbocycles. The Balaban J connectivity index is 1.31. The van der Waals surface area contributed by atoms with E-state index in [-0.39, 0.29) is 24.0 Å². The molecule has 1 saturated heterocycles. The first-order valence-corrected chi connectivity index (χ1v) is 9.18. The van der Waals surface area contributed by atoms with Gasteiger partial charge in [-0.15, -0.1) is 0 Å². The minimum absolute atomic E-state index is 0.0401. The molecule has 1 atom stereocenters. The summed E-state index contributed by atoms with van der Waals surface area (Å²) in [6, 6.07) is 4.30. The number of ether oxygens (including phenoxy) is 2. The number of nitrogens with one attached hydrogen (secondary N) is 2. The van der Waals surface area contributed by atoms with Crippen molar-refractivity contribution in [2.45, 2.75) is 51.2 Å². The van der Waals surface area contributed by atoms with Crippen molar-refractivity contribution in [3.05, 3.63) is 23.9 Å². The third-order valence-electron chi connectivity index (χ3n) is 5.46. The van der Waals surface area contributed by atoms with Gasteiger partial charge in [0, 0.05) is 23.6 Å². The molecule has 1 unspecified atom stereocenters. The number of fused-ring (bicyclic) bond motifs is 1. The Bertz CT molecular complexity index is 743. The van der Waals surface area contributed by atoms with Crippen molar-refractivity contribution in [2.24, 2.45) is 5.92 Å². The van der Waals surface area contributed by atoms with Crippen LogP contribution in [0.5, 0.6) is 5.75 Å². The number of aromatic amines is 1. The lowest BCUT2D eigenvalue weighted by Crippen LogP contribution is -2.42. The SMILES string of the molecule is Cc1c(O[C@H]2CC[C@@H](NC(=O)C3CCOC3)CC2)ccc2[nH]ncc12. The van der Waals surface area contributed by atoms with Crippen molar-refractivity contribution in [1.82, 2.24) is 15.5 Å². The maximum Gasteiger partial charge on any atom is 0.225 e. The predicted molar refractivity (Wildman–Crippen MR) is 94.6 cm³/mol. The van der Waals surface area contributed by atoms with Gasteiger partial charge in [-0.3, -0.25) is 9.89 Å². The molecular weight excluding hydrogens is 318 g/mol. The van der Waals surface area contributed by atoms with E-state index in [1.807, 2.05) is 18.3 Å². The third-order valence-corrected chi connectivity index (χ3v) is 5.46. The Labute approximate surface area is 147 Å². The largest absolute Gasteiger partial charge is 0.490 e. The van der Waals surface area contributed by atoms with Crippen molar-refractivity contribution in [2.75, 3.05) is 13.2 Å². The Kier molecular flexibility index (Phi) is 4.61. The van der Waals surface area contributed by atoms with E-state index in [4.69, 9.17) is 9.47 Å². The predicted octanol–water partition coefficient (Wildman–Crippen LogP) is 2.71. The van der Waals surface area contributed by atoms with E-state index >= 15 is 0 Å². The fraction of sp³-hybridized carbons (Fsp3) is 0.579. The van der Waals surface area contributed by atoms with Crippen molar-refractivity contribution in [3.63, 3.8) is 0 Å². The van der Waals surface area contributed by atoms with Crippen LogP contribution >= 0.6 is 0 Å². The van der Waals surface area contributed by atoms with Gasteiger partial charge in [-0.05, 0) is 51.2 Å². The Morgan fingerprint density at radius 1 is 1.28 bits per heavy atom. The van der Waals surface area contributed by atoms with Gasteiger partial charge in [0.2, 0.25) is 5.91 Å². The molecule has 1 saturated carbocycles. The highest BCUT2D eigenvalue weighted by molar-refractivity contribution is 5.83. The normalized spacial score (nSPS) is 26.7. The van der Waals surface area contributed by atoms with Crippen LogP contribution < -0.4 is 10.1 Å². The minimum atomic E-state index is 0.0401.